The minimum Gasteiger partial charge on any atom is -0.265 e. The number of rotatable bonds is 5. The zero-order valence-electron chi connectivity index (χ0n) is 11.6. The molecule has 0 spiro atoms. The van der Waals surface area contributed by atoms with E-state index in [-0.39, 0.29) is 22.2 Å². The molecule has 8 heteroatoms. The van der Waals surface area contributed by atoms with Crippen LogP contribution in [0.4, 0.5) is 11.4 Å². The third kappa shape index (κ3) is 2.90. The highest BCUT2D eigenvalue weighted by molar-refractivity contribution is 7.93. The molecule has 0 amide bonds. The van der Waals surface area contributed by atoms with Crippen molar-refractivity contribution in [3.63, 3.8) is 0 Å². The van der Waals surface area contributed by atoms with E-state index in [0.29, 0.717) is 0 Å². The van der Waals surface area contributed by atoms with Crippen LogP contribution in [-0.4, -0.2) is 19.9 Å². The topological polar surface area (TPSA) is 80.5 Å². The zero-order valence-corrected chi connectivity index (χ0v) is 13.2. The number of sulfonamides is 1. The second kappa shape index (κ2) is 6.33. The summed E-state index contributed by atoms with van der Waals surface area (Å²) in [6.45, 7) is 1.73. The van der Waals surface area contributed by atoms with E-state index < -0.39 is 20.6 Å². The molecule has 0 saturated carbocycles. The van der Waals surface area contributed by atoms with E-state index in [2.05, 4.69) is 0 Å². The van der Waals surface area contributed by atoms with Gasteiger partial charge in [0.1, 0.15) is 0 Å². The van der Waals surface area contributed by atoms with Gasteiger partial charge in [0, 0.05) is 12.6 Å². The highest BCUT2D eigenvalue weighted by Gasteiger charge is 2.31. The molecule has 0 aliphatic heterocycles. The first kappa shape index (κ1) is 16.3. The molecule has 2 aromatic rings. The maximum atomic E-state index is 12.8. The summed E-state index contributed by atoms with van der Waals surface area (Å²) in [6.07, 6.45) is 0. The van der Waals surface area contributed by atoms with Gasteiger partial charge >= 0.3 is 0 Å². The van der Waals surface area contributed by atoms with Gasteiger partial charge in [-0.1, -0.05) is 35.9 Å². The van der Waals surface area contributed by atoms with Crippen LogP contribution in [0.25, 0.3) is 0 Å². The van der Waals surface area contributed by atoms with Crippen LogP contribution < -0.4 is 4.31 Å². The quantitative estimate of drug-likeness (QED) is 0.616. The molecule has 0 heterocycles. The fourth-order valence-electron chi connectivity index (χ4n) is 2.07. The number of halogens is 1. The van der Waals surface area contributed by atoms with Gasteiger partial charge in [0.05, 0.1) is 15.6 Å². The van der Waals surface area contributed by atoms with E-state index in [4.69, 9.17) is 11.6 Å². The number of hydrogen-bond donors (Lipinski definition) is 0. The summed E-state index contributed by atoms with van der Waals surface area (Å²) in [5.74, 6) is 0. The first-order valence-electron chi connectivity index (χ1n) is 6.40. The Balaban J connectivity index is 2.63. The van der Waals surface area contributed by atoms with Gasteiger partial charge in [-0.15, -0.1) is 0 Å². The summed E-state index contributed by atoms with van der Waals surface area (Å²) in [6, 6.07) is 11.7. The molecule has 6 nitrogen and oxygen atoms in total. The van der Waals surface area contributed by atoms with E-state index >= 15 is 0 Å². The normalized spacial score (nSPS) is 11.2. The van der Waals surface area contributed by atoms with Gasteiger partial charge in [-0.3, -0.25) is 14.4 Å². The molecule has 0 atom stereocenters. The molecule has 2 rings (SSSR count). The molecule has 116 valence electrons. The Morgan fingerprint density at radius 3 is 2.32 bits per heavy atom. The monoisotopic (exact) mass is 340 g/mol. The molecule has 0 aliphatic rings. The lowest BCUT2D eigenvalue weighted by molar-refractivity contribution is -0.387. The van der Waals surface area contributed by atoms with Gasteiger partial charge in [-0.2, -0.15) is 0 Å². The Hall–Kier alpha value is -2.12. The maximum Gasteiger partial charge on any atom is 0.289 e. The molecule has 2 aromatic carbocycles. The Kier molecular flexibility index (Phi) is 4.68. The molecule has 22 heavy (non-hydrogen) atoms. The molecular weight excluding hydrogens is 328 g/mol. The largest absolute Gasteiger partial charge is 0.289 e. The number of hydrogen-bond acceptors (Lipinski definition) is 4. The number of nitro benzene ring substituents is 1. The zero-order chi connectivity index (χ0) is 16.3. The predicted octanol–water partition coefficient (Wildman–Crippen LogP) is 3.46. The molecule has 0 fully saturated rings. The third-order valence-electron chi connectivity index (χ3n) is 3.04. The molecular formula is C14H13ClN2O4S. The van der Waals surface area contributed by atoms with Crippen molar-refractivity contribution in [2.24, 2.45) is 0 Å². The van der Waals surface area contributed by atoms with Gasteiger partial charge in [-0.25, -0.2) is 8.42 Å². The fraction of sp³-hybridized carbons (Fsp3) is 0.143. The van der Waals surface area contributed by atoms with Crippen molar-refractivity contribution in [2.45, 2.75) is 11.8 Å². The summed E-state index contributed by atoms with van der Waals surface area (Å²) in [4.78, 5) is 10.0. The Labute approximate surface area is 133 Å². The molecule has 0 radical (unpaired) electrons. The lowest BCUT2D eigenvalue weighted by Gasteiger charge is -2.23. The van der Waals surface area contributed by atoms with Crippen molar-refractivity contribution in [3.8, 4) is 0 Å². The summed E-state index contributed by atoms with van der Waals surface area (Å²) in [5.41, 5.74) is -0.183. The van der Waals surface area contributed by atoms with Crippen molar-refractivity contribution in [1.82, 2.24) is 0 Å². The minimum atomic E-state index is -4.10. The number of benzene rings is 2. The first-order valence-corrected chi connectivity index (χ1v) is 8.22. The minimum absolute atomic E-state index is 0.0954. The van der Waals surface area contributed by atoms with E-state index in [1.54, 1.807) is 31.2 Å². The van der Waals surface area contributed by atoms with E-state index in [9.17, 15) is 18.5 Å². The van der Waals surface area contributed by atoms with Crippen LogP contribution in [0.3, 0.4) is 0 Å². The molecule has 0 N–H and O–H groups in total. The van der Waals surface area contributed by atoms with Gasteiger partial charge in [-0.05, 0) is 25.1 Å². The molecule has 0 aromatic heterocycles. The van der Waals surface area contributed by atoms with Crippen LogP contribution >= 0.6 is 11.6 Å². The van der Waals surface area contributed by atoms with E-state index in [1.807, 2.05) is 0 Å². The first-order chi connectivity index (χ1) is 10.4. The number of para-hydroxylation sites is 2. The predicted molar refractivity (Wildman–Crippen MR) is 84.8 cm³/mol. The van der Waals surface area contributed by atoms with Gasteiger partial charge in [0.15, 0.2) is 4.90 Å². The average molecular weight is 341 g/mol. The maximum absolute atomic E-state index is 12.8. The average Bonchev–Trinajstić information content (AvgIpc) is 2.49. The molecule has 0 unspecified atom stereocenters. The highest BCUT2D eigenvalue weighted by atomic mass is 35.5. The lowest BCUT2D eigenvalue weighted by atomic mass is 10.3. The van der Waals surface area contributed by atoms with E-state index in [1.165, 1.54) is 18.2 Å². The van der Waals surface area contributed by atoms with Gasteiger partial charge < -0.3 is 0 Å². The van der Waals surface area contributed by atoms with Crippen LogP contribution in [0.2, 0.25) is 5.02 Å². The number of anilines is 1. The van der Waals surface area contributed by atoms with Crippen molar-refractivity contribution < 1.29 is 13.3 Å². The third-order valence-corrected chi connectivity index (χ3v) is 5.29. The van der Waals surface area contributed by atoms with Crippen molar-refractivity contribution in [2.75, 3.05) is 10.8 Å². The van der Waals surface area contributed by atoms with Gasteiger partial charge in [0.25, 0.3) is 15.7 Å². The Bertz CT molecular complexity index is 808. The summed E-state index contributed by atoms with van der Waals surface area (Å²) < 4.78 is 26.7. The highest BCUT2D eigenvalue weighted by Crippen LogP contribution is 2.33. The Morgan fingerprint density at radius 2 is 1.73 bits per heavy atom. The smallest absolute Gasteiger partial charge is 0.265 e. The fourth-order valence-corrected chi connectivity index (χ4v) is 4.01. The number of nitrogens with zero attached hydrogens (tertiary/aromatic N) is 2. The standard InChI is InChI=1S/C14H13ClN2O4S/c1-2-16(12-8-4-3-7-11(12)15)22(20,21)14-10-6-5-9-13(14)17(18)19/h3-10H,2H2,1H3. The molecule has 0 aliphatic carbocycles. The second-order valence-electron chi connectivity index (χ2n) is 4.35. The van der Waals surface area contributed by atoms with Crippen molar-refractivity contribution in [1.29, 1.82) is 0 Å². The van der Waals surface area contributed by atoms with Crippen LogP contribution in [0.1, 0.15) is 6.92 Å². The van der Waals surface area contributed by atoms with Crippen molar-refractivity contribution in [3.05, 3.63) is 63.7 Å². The van der Waals surface area contributed by atoms with Crippen LogP contribution in [0, 0.1) is 10.1 Å². The lowest BCUT2D eigenvalue weighted by Crippen LogP contribution is -2.31. The summed E-state index contributed by atoms with van der Waals surface area (Å²) in [5, 5.41) is 11.3. The number of nitro groups is 1. The summed E-state index contributed by atoms with van der Waals surface area (Å²) in [7, 11) is -4.10. The van der Waals surface area contributed by atoms with Crippen LogP contribution in [0.5, 0.6) is 0 Å². The van der Waals surface area contributed by atoms with Crippen molar-refractivity contribution >= 4 is 33.0 Å². The Morgan fingerprint density at radius 1 is 1.14 bits per heavy atom. The van der Waals surface area contributed by atoms with Gasteiger partial charge in [0.2, 0.25) is 0 Å². The van der Waals surface area contributed by atoms with Crippen LogP contribution in [0.15, 0.2) is 53.4 Å². The second-order valence-corrected chi connectivity index (χ2v) is 6.58. The molecule has 0 saturated heterocycles. The van der Waals surface area contributed by atoms with Crippen LogP contribution in [-0.2, 0) is 10.0 Å². The van der Waals surface area contributed by atoms with E-state index in [0.717, 1.165) is 10.4 Å². The SMILES string of the molecule is CCN(c1ccccc1Cl)S(=O)(=O)c1ccccc1[N+](=O)[O-]. The molecule has 0 bridgehead atoms. The summed E-state index contributed by atoms with van der Waals surface area (Å²) >= 11 is 6.05.